The Bertz CT molecular complexity index is 258. The van der Waals surface area contributed by atoms with E-state index >= 15 is 0 Å². The molecule has 1 aliphatic carbocycles. The van der Waals surface area contributed by atoms with Gasteiger partial charge >= 0.3 is 0 Å². The number of rotatable bonds is 12. The fraction of sp³-hybridized carbons (Fsp3) is 0.800. The van der Waals surface area contributed by atoms with Gasteiger partial charge in [-0.3, -0.25) is 0 Å². The molecule has 1 rings (SSSR count). The van der Waals surface area contributed by atoms with Crippen LogP contribution in [0.3, 0.4) is 0 Å². The maximum Gasteiger partial charge on any atom is 0.0651 e. The lowest BCUT2D eigenvalue weighted by Gasteiger charge is -2.28. The van der Waals surface area contributed by atoms with Crippen molar-refractivity contribution in [3.8, 4) is 0 Å². The third-order valence-electron chi connectivity index (χ3n) is 4.26. The fourth-order valence-corrected chi connectivity index (χ4v) is 2.76. The van der Waals surface area contributed by atoms with Crippen LogP contribution < -0.4 is 0 Å². The Hall–Kier alpha value is -0.600. The summed E-state index contributed by atoms with van der Waals surface area (Å²) in [7, 11) is 0. The summed E-state index contributed by atoms with van der Waals surface area (Å²) in [6, 6.07) is 0. The maximum atomic E-state index is 5.93. The van der Waals surface area contributed by atoms with E-state index in [2.05, 4.69) is 38.2 Å². The molecule has 2 heteroatoms. The van der Waals surface area contributed by atoms with E-state index in [4.69, 9.17) is 9.47 Å². The van der Waals surface area contributed by atoms with Crippen molar-refractivity contribution < 1.29 is 9.47 Å². The predicted molar refractivity (Wildman–Crippen MR) is 95.3 cm³/mol. The van der Waals surface area contributed by atoms with Gasteiger partial charge in [0.2, 0.25) is 0 Å². The Morgan fingerprint density at radius 1 is 0.682 bits per heavy atom. The van der Waals surface area contributed by atoms with Crippen LogP contribution in [-0.2, 0) is 9.47 Å². The molecular weight excluding hydrogens is 272 g/mol. The van der Waals surface area contributed by atoms with Crippen LogP contribution in [-0.4, -0.2) is 25.4 Å². The molecule has 2 nitrogen and oxygen atoms in total. The van der Waals surface area contributed by atoms with Gasteiger partial charge in [-0.15, -0.1) is 0 Å². The van der Waals surface area contributed by atoms with E-state index in [1.807, 2.05) is 0 Å². The highest BCUT2D eigenvalue weighted by Crippen LogP contribution is 2.23. The molecule has 0 aliphatic heterocycles. The summed E-state index contributed by atoms with van der Waals surface area (Å²) in [4.78, 5) is 0. The van der Waals surface area contributed by atoms with E-state index in [0.717, 1.165) is 38.9 Å². The monoisotopic (exact) mass is 308 g/mol. The summed E-state index contributed by atoms with van der Waals surface area (Å²) >= 11 is 0. The Labute approximate surface area is 138 Å². The van der Waals surface area contributed by atoms with Crippen LogP contribution in [0.1, 0.15) is 78.1 Å². The molecule has 1 aliphatic rings. The van der Waals surface area contributed by atoms with E-state index in [9.17, 15) is 0 Å². The van der Waals surface area contributed by atoms with E-state index in [1.54, 1.807) is 0 Å². The van der Waals surface area contributed by atoms with Crippen molar-refractivity contribution in [1.29, 1.82) is 0 Å². The van der Waals surface area contributed by atoms with Crippen molar-refractivity contribution in [2.75, 3.05) is 13.2 Å². The zero-order valence-electron chi connectivity index (χ0n) is 14.8. The van der Waals surface area contributed by atoms with Crippen LogP contribution in [0.4, 0.5) is 0 Å². The molecule has 22 heavy (non-hydrogen) atoms. The summed E-state index contributed by atoms with van der Waals surface area (Å²) in [6.45, 7) is 6.01. The van der Waals surface area contributed by atoms with Gasteiger partial charge in [-0.2, -0.15) is 0 Å². The van der Waals surface area contributed by atoms with Gasteiger partial charge in [-0.25, -0.2) is 0 Å². The molecule has 0 saturated heterocycles. The van der Waals surface area contributed by atoms with Crippen molar-refractivity contribution >= 4 is 0 Å². The van der Waals surface area contributed by atoms with Gasteiger partial charge in [0, 0.05) is 0 Å². The van der Waals surface area contributed by atoms with Crippen LogP contribution in [0.15, 0.2) is 24.3 Å². The van der Waals surface area contributed by atoms with Gasteiger partial charge in [0.1, 0.15) is 0 Å². The highest BCUT2D eigenvalue weighted by atomic mass is 16.5. The van der Waals surface area contributed by atoms with Crippen LogP contribution in [0.2, 0.25) is 0 Å². The normalized spacial score (nSPS) is 22.8. The molecule has 0 N–H and O–H groups in total. The standard InChI is InChI=1S/C20H36O2/c1-3-5-7-9-11-17-21-19-13-15-20(16-14-19)22-18-12-10-8-6-4-2/h9-12,19-20H,3-8,13-18H2,1-2H3. The lowest BCUT2D eigenvalue weighted by atomic mass is 9.95. The lowest BCUT2D eigenvalue weighted by molar-refractivity contribution is -0.0164. The third kappa shape index (κ3) is 10.2. The minimum atomic E-state index is 0.441. The SMILES string of the molecule is CCCCC=CCOC1CCC(OCC=CCCCC)CC1. The van der Waals surface area contributed by atoms with Gasteiger partial charge in [0.05, 0.1) is 25.4 Å². The topological polar surface area (TPSA) is 18.5 Å². The second-order valence-corrected chi connectivity index (χ2v) is 6.29. The number of unbranched alkanes of at least 4 members (excludes halogenated alkanes) is 4. The molecule has 0 atom stereocenters. The number of ether oxygens (including phenoxy) is 2. The number of hydrogen-bond donors (Lipinski definition) is 0. The molecule has 1 saturated carbocycles. The first-order chi connectivity index (χ1) is 10.9. The minimum absolute atomic E-state index is 0.441. The maximum absolute atomic E-state index is 5.93. The first-order valence-electron chi connectivity index (χ1n) is 9.40. The summed E-state index contributed by atoms with van der Waals surface area (Å²) in [5, 5.41) is 0. The van der Waals surface area contributed by atoms with Crippen LogP contribution in [0.5, 0.6) is 0 Å². The molecule has 0 aromatic carbocycles. The molecule has 1 fully saturated rings. The predicted octanol–water partition coefficient (Wildman–Crippen LogP) is 5.82. The summed E-state index contributed by atoms with van der Waals surface area (Å²) < 4.78 is 11.9. The molecule has 0 spiro atoms. The third-order valence-corrected chi connectivity index (χ3v) is 4.26. The molecule has 0 aromatic heterocycles. The Kier molecular flexibility index (Phi) is 12.4. The smallest absolute Gasteiger partial charge is 0.0651 e. The summed E-state index contributed by atoms with van der Waals surface area (Å²) in [5.41, 5.74) is 0. The van der Waals surface area contributed by atoms with Gasteiger partial charge < -0.3 is 9.47 Å². The molecular formula is C20H36O2. The van der Waals surface area contributed by atoms with Crippen molar-refractivity contribution in [2.24, 2.45) is 0 Å². The summed E-state index contributed by atoms with van der Waals surface area (Å²) in [5.74, 6) is 0. The van der Waals surface area contributed by atoms with Crippen molar-refractivity contribution in [1.82, 2.24) is 0 Å². The Balaban J connectivity index is 1.99. The Morgan fingerprint density at radius 3 is 1.45 bits per heavy atom. The first kappa shape index (κ1) is 19.4. The molecule has 0 aromatic rings. The van der Waals surface area contributed by atoms with E-state index in [1.165, 1.54) is 38.5 Å². The van der Waals surface area contributed by atoms with Gasteiger partial charge in [-0.05, 0) is 38.5 Å². The van der Waals surface area contributed by atoms with Crippen LogP contribution in [0.25, 0.3) is 0 Å². The largest absolute Gasteiger partial charge is 0.374 e. The Morgan fingerprint density at radius 2 is 1.09 bits per heavy atom. The van der Waals surface area contributed by atoms with Crippen molar-refractivity contribution in [3.05, 3.63) is 24.3 Å². The first-order valence-corrected chi connectivity index (χ1v) is 9.40. The second-order valence-electron chi connectivity index (χ2n) is 6.29. The molecule has 128 valence electrons. The molecule has 0 bridgehead atoms. The van der Waals surface area contributed by atoms with E-state index < -0.39 is 0 Å². The molecule has 0 unspecified atom stereocenters. The average Bonchev–Trinajstić information content (AvgIpc) is 2.55. The van der Waals surface area contributed by atoms with Crippen LogP contribution >= 0.6 is 0 Å². The highest BCUT2D eigenvalue weighted by Gasteiger charge is 2.21. The molecule has 0 radical (unpaired) electrons. The quantitative estimate of drug-likeness (QED) is 0.334. The van der Waals surface area contributed by atoms with Crippen LogP contribution in [0, 0.1) is 0 Å². The number of hydrogen-bond acceptors (Lipinski definition) is 2. The average molecular weight is 309 g/mol. The highest BCUT2D eigenvalue weighted by molar-refractivity contribution is 4.84. The van der Waals surface area contributed by atoms with Gasteiger partial charge in [-0.1, -0.05) is 63.8 Å². The zero-order chi connectivity index (χ0) is 15.9. The van der Waals surface area contributed by atoms with Crippen molar-refractivity contribution in [3.63, 3.8) is 0 Å². The van der Waals surface area contributed by atoms with E-state index in [0.29, 0.717) is 12.2 Å². The lowest BCUT2D eigenvalue weighted by Crippen LogP contribution is -2.26. The second kappa shape index (κ2) is 14.0. The summed E-state index contributed by atoms with van der Waals surface area (Å²) in [6.07, 6.45) is 21.8. The number of allylic oxidation sites excluding steroid dienone is 2. The molecule has 0 amide bonds. The van der Waals surface area contributed by atoms with Gasteiger partial charge in [0.15, 0.2) is 0 Å². The molecule has 0 heterocycles. The van der Waals surface area contributed by atoms with E-state index in [-0.39, 0.29) is 0 Å². The fourth-order valence-electron chi connectivity index (χ4n) is 2.76. The van der Waals surface area contributed by atoms with Crippen molar-refractivity contribution in [2.45, 2.75) is 90.3 Å². The van der Waals surface area contributed by atoms with Gasteiger partial charge in [0.25, 0.3) is 0 Å². The zero-order valence-corrected chi connectivity index (χ0v) is 14.8. The minimum Gasteiger partial charge on any atom is -0.374 e.